The molecule has 0 saturated carbocycles. The van der Waals surface area contributed by atoms with Crippen molar-refractivity contribution in [3.8, 4) is 0 Å². The van der Waals surface area contributed by atoms with E-state index >= 15 is 0 Å². The van der Waals surface area contributed by atoms with Crippen molar-refractivity contribution in [1.29, 1.82) is 0 Å². The van der Waals surface area contributed by atoms with E-state index in [1.54, 1.807) is 0 Å². The molecule has 2 atom stereocenters. The van der Waals surface area contributed by atoms with Gasteiger partial charge in [-0.05, 0) is 6.92 Å². The third kappa shape index (κ3) is 6.38. The van der Waals surface area contributed by atoms with Gasteiger partial charge in [0.05, 0.1) is 6.10 Å². The van der Waals surface area contributed by atoms with E-state index in [0.29, 0.717) is 0 Å². The first kappa shape index (κ1) is 12.9. The number of carbonyl (C=O) groups excluding carboxylic acids is 1. The lowest BCUT2D eigenvalue weighted by Gasteiger charge is -2.14. The van der Waals surface area contributed by atoms with Crippen molar-refractivity contribution in [2.45, 2.75) is 26.0 Å². The maximum Gasteiger partial charge on any atom is 0.324 e. The van der Waals surface area contributed by atoms with Gasteiger partial charge in [-0.25, -0.2) is 0 Å². The fraction of sp³-hybridized carbons (Fsp3) is 0.750. The van der Waals surface area contributed by atoms with Gasteiger partial charge in [-0.3, -0.25) is 14.9 Å². The highest BCUT2D eigenvalue weighted by atomic mass is 16.5. The average Bonchev–Trinajstić information content (AvgIpc) is 2.02. The second-order valence-corrected chi connectivity index (χ2v) is 2.95. The molecule has 14 heavy (non-hydrogen) atoms. The molecule has 0 aliphatic carbocycles. The molecule has 0 saturated heterocycles. The summed E-state index contributed by atoms with van der Waals surface area (Å²) in [6.07, 6.45) is -0.644. The smallest absolute Gasteiger partial charge is 0.324 e. The fourth-order valence-electron chi connectivity index (χ4n) is 0.731. The van der Waals surface area contributed by atoms with Crippen LogP contribution in [0.15, 0.2) is 0 Å². The van der Waals surface area contributed by atoms with Gasteiger partial charge in [0.25, 0.3) is 0 Å². The molecule has 0 amide bonds. The van der Waals surface area contributed by atoms with E-state index in [-0.39, 0.29) is 13.2 Å². The average molecular weight is 205 g/mol. The largest absolute Gasteiger partial charge is 0.480 e. The van der Waals surface area contributed by atoms with Crippen LogP contribution < -0.4 is 5.32 Å². The molecule has 1 unspecified atom stereocenters. The van der Waals surface area contributed by atoms with E-state index in [1.807, 2.05) is 0 Å². The van der Waals surface area contributed by atoms with Crippen molar-refractivity contribution in [1.82, 2.24) is 5.32 Å². The lowest BCUT2D eigenvalue weighted by atomic mass is 10.3. The maximum absolute atomic E-state index is 10.6. The Labute approximate surface area is 81.9 Å². The molecule has 6 nitrogen and oxygen atoms in total. The normalized spacial score (nSPS) is 14.5. The number of aliphatic hydroxyl groups is 1. The molecule has 3 N–H and O–H groups in total. The summed E-state index contributed by atoms with van der Waals surface area (Å²) in [7, 11) is 0. The molecule has 0 bridgehead atoms. The summed E-state index contributed by atoms with van der Waals surface area (Å²) in [5, 5.41) is 20.1. The van der Waals surface area contributed by atoms with Crippen molar-refractivity contribution < 1.29 is 24.5 Å². The first-order chi connectivity index (χ1) is 6.43. The fourth-order valence-corrected chi connectivity index (χ4v) is 0.731. The minimum Gasteiger partial charge on any atom is -0.480 e. The van der Waals surface area contributed by atoms with Gasteiger partial charge < -0.3 is 14.9 Å². The monoisotopic (exact) mass is 205 g/mol. The third-order valence-corrected chi connectivity index (χ3v) is 1.41. The number of carboxylic acid groups (broad SMARTS) is 1. The van der Waals surface area contributed by atoms with Crippen LogP contribution in [0, 0.1) is 0 Å². The Bertz CT molecular complexity index is 204. The van der Waals surface area contributed by atoms with Crippen molar-refractivity contribution in [3.63, 3.8) is 0 Å². The van der Waals surface area contributed by atoms with Crippen molar-refractivity contribution in [2.24, 2.45) is 0 Å². The van der Waals surface area contributed by atoms with Crippen LogP contribution in [0.2, 0.25) is 0 Å². The van der Waals surface area contributed by atoms with Crippen molar-refractivity contribution in [3.05, 3.63) is 0 Å². The molecule has 0 spiro atoms. The Kier molecular flexibility index (Phi) is 5.82. The Hall–Kier alpha value is -1.14. The molecule has 0 fully saturated rings. The Morgan fingerprint density at radius 3 is 2.43 bits per heavy atom. The number of carboxylic acids is 1. The second kappa shape index (κ2) is 6.33. The van der Waals surface area contributed by atoms with Crippen molar-refractivity contribution >= 4 is 11.9 Å². The zero-order chi connectivity index (χ0) is 11.1. The number of aliphatic hydroxyl groups excluding tert-OH is 1. The number of carbonyl (C=O) groups is 2. The number of esters is 1. The number of aliphatic carboxylic acids is 1. The Morgan fingerprint density at radius 2 is 2.07 bits per heavy atom. The highest BCUT2D eigenvalue weighted by Crippen LogP contribution is 1.89. The van der Waals surface area contributed by atoms with Gasteiger partial charge in [-0.15, -0.1) is 0 Å². The number of rotatable bonds is 6. The van der Waals surface area contributed by atoms with E-state index in [0.717, 1.165) is 0 Å². The summed E-state index contributed by atoms with van der Waals surface area (Å²) in [5.74, 6) is -1.65. The van der Waals surface area contributed by atoms with Gasteiger partial charge in [0, 0.05) is 13.5 Å². The van der Waals surface area contributed by atoms with Crippen LogP contribution >= 0.6 is 0 Å². The number of hydrogen-bond donors (Lipinski definition) is 3. The van der Waals surface area contributed by atoms with Crippen LogP contribution in [0.4, 0.5) is 0 Å². The summed E-state index contributed by atoms with van der Waals surface area (Å²) in [6, 6.07) is -0.978. The van der Waals surface area contributed by atoms with E-state index in [2.05, 4.69) is 10.1 Å². The van der Waals surface area contributed by atoms with Gasteiger partial charge in [-0.1, -0.05) is 0 Å². The summed E-state index contributed by atoms with van der Waals surface area (Å²) >= 11 is 0. The molecule has 0 rings (SSSR count). The minimum atomic E-state index is -1.12. The standard InChI is InChI=1S/C8H15NO5/c1-5(10)3-9-7(8(12)13)4-14-6(2)11/h5,7,9-10H,3-4H2,1-2H3,(H,12,13)/t5?,7-/m0/s1. The molecule has 0 heterocycles. The highest BCUT2D eigenvalue weighted by Gasteiger charge is 2.18. The van der Waals surface area contributed by atoms with Gasteiger partial charge in [-0.2, -0.15) is 0 Å². The lowest BCUT2D eigenvalue weighted by Crippen LogP contribution is -2.43. The second-order valence-electron chi connectivity index (χ2n) is 2.95. The molecular formula is C8H15NO5. The van der Waals surface area contributed by atoms with E-state index < -0.39 is 24.1 Å². The topological polar surface area (TPSA) is 95.9 Å². The first-order valence-electron chi connectivity index (χ1n) is 4.21. The SMILES string of the molecule is CC(=O)OC[C@H](NCC(C)O)C(=O)O. The van der Waals surface area contributed by atoms with Gasteiger partial charge in [0.1, 0.15) is 12.6 Å². The molecule has 0 aliphatic heterocycles. The molecular weight excluding hydrogens is 190 g/mol. The summed E-state index contributed by atoms with van der Waals surface area (Å²) in [6.45, 7) is 2.63. The van der Waals surface area contributed by atoms with Gasteiger partial charge in [0.15, 0.2) is 0 Å². The summed E-state index contributed by atoms with van der Waals surface area (Å²) in [5.41, 5.74) is 0. The maximum atomic E-state index is 10.6. The van der Waals surface area contributed by atoms with Crippen LogP contribution in [0.1, 0.15) is 13.8 Å². The highest BCUT2D eigenvalue weighted by molar-refractivity contribution is 5.74. The van der Waals surface area contributed by atoms with Crippen LogP contribution in [0.3, 0.4) is 0 Å². The van der Waals surface area contributed by atoms with Crippen LogP contribution in [0.5, 0.6) is 0 Å². The predicted molar refractivity (Wildman–Crippen MR) is 47.7 cm³/mol. The van der Waals surface area contributed by atoms with Gasteiger partial charge >= 0.3 is 11.9 Å². The molecule has 0 aromatic carbocycles. The first-order valence-corrected chi connectivity index (χ1v) is 4.21. The quantitative estimate of drug-likeness (QED) is 0.480. The lowest BCUT2D eigenvalue weighted by molar-refractivity contribution is -0.147. The van der Waals surface area contributed by atoms with Crippen LogP contribution in [0.25, 0.3) is 0 Å². The van der Waals surface area contributed by atoms with Crippen molar-refractivity contribution in [2.75, 3.05) is 13.2 Å². The molecule has 6 heteroatoms. The van der Waals surface area contributed by atoms with Crippen LogP contribution in [-0.2, 0) is 14.3 Å². The van der Waals surface area contributed by atoms with Crippen LogP contribution in [-0.4, -0.2) is 47.4 Å². The van der Waals surface area contributed by atoms with Gasteiger partial charge in [0.2, 0.25) is 0 Å². The zero-order valence-corrected chi connectivity index (χ0v) is 8.19. The molecule has 0 radical (unpaired) electrons. The third-order valence-electron chi connectivity index (χ3n) is 1.41. The summed E-state index contributed by atoms with van der Waals surface area (Å²) < 4.78 is 4.53. The molecule has 82 valence electrons. The zero-order valence-electron chi connectivity index (χ0n) is 8.19. The van der Waals surface area contributed by atoms with E-state index in [4.69, 9.17) is 10.2 Å². The van der Waals surface area contributed by atoms with E-state index in [9.17, 15) is 9.59 Å². The minimum absolute atomic E-state index is 0.137. The molecule has 0 aromatic rings. The molecule has 0 aliphatic rings. The number of hydrogen-bond acceptors (Lipinski definition) is 5. The Balaban J connectivity index is 3.90. The predicted octanol–water partition coefficient (Wildman–Crippen LogP) is -1.03. The summed E-state index contributed by atoms with van der Waals surface area (Å²) in [4.78, 5) is 21.0. The number of ether oxygens (including phenoxy) is 1. The Morgan fingerprint density at radius 1 is 1.50 bits per heavy atom. The number of nitrogens with one attached hydrogen (secondary N) is 1. The van der Waals surface area contributed by atoms with E-state index in [1.165, 1.54) is 13.8 Å². The molecule has 0 aromatic heterocycles.